The molecule has 0 radical (unpaired) electrons. The Morgan fingerprint density at radius 3 is 3.04 bits per heavy atom. The first-order chi connectivity index (χ1) is 12.6. The van der Waals surface area contributed by atoms with Crippen molar-refractivity contribution in [3.05, 3.63) is 40.0 Å². The average Bonchev–Trinajstić information content (AvgIpc) is 3.16. The monoisotopic (exact) mass is 364 g/mol. The predicted octanol–water partition coefficient (Wildman–Crippen LogP) is 3.09. The first kappa shape index (κ1) is 15.6. The minimum absolute atomic E-state index is 0.179. The van der Waals surface area contributed by atoms with E-state index >= 15 is 0 Å². The first-order valence-electron chi connectivity index (χ1n) is 8.68. The summed E-state index contributed by atoms with van der Waals surface area (Å²) in [6.07, 6.45) is 2.96. The summed E-state index contributed by atoms with van der Waals surface area (Å²) in [6, 6.07) is 8.60. The summed E-state index contributed by atoms with van der Waals surface area (Å²) >= 11 is 6.52. The van der Waals surface area contributed by atoms with Crippen molar-refractivity contribution in [3.63, 3.8) is 0 Å². The molecule has 2 aliphatic heterocycles. The maximum atomic E-state index is 9.82. The highest BCUT2D eigenvalue weighted by atomic mass is 35.5. The Labute approximate surface area is 155 Å². The third kappa shape index (κ3) is 2.02. The van der Waals surface area contributed by atoms with E-state index in [1.165, 1.54) is 0 Å². The molecule has 4 heterocycles. The van der Waals surface area contributed by atoms with Crippen LogP contribution in [0.5, 0.6) is 0 Å². The zero-order valence-corrected chi connectivity index (χ0v) is 15.0. The molecule has 0 spiro atoms. The Hall–Kier alpha value is -2.62. The van der Waals surface area contributed by atoms with E-state index in [1.54, 1.807) is 4.68 Å². The molecule has 2 atom stereocenters. The fourth-order valence-corrected chi connectivity index (χ4v) is 4.70. The summed E-state index contributed by atoms with van der Waals surface area (Å²) < 4.78 is 1.80. The number of nitriles is 1. The number of aryl methyl sites for hydroxylation is 1. The molecule has 2 bridgehead atoms. The van der Waals surface area contributed by atoms with Crippen LogP contribution < -0.4 is 11.1 Å². The number of nitrogens with one attached hydrogen (secondary N) is 1. The smallest absolute Gasteiger partial charge is 0.142 e. The molecule has 6 nitrogen and oxygen atoms in total. The van der Waals surface area contributed by atoms with Crippen LogP contribution in [0.2, 0.25) is 5.02 Å². The van der Waals surface area contributed by atoms with Gasteiger partial charge in [-0.25, -0.2) is 4.98 Å². The molecule has 0 aliphatic carbocycles. The summed E-state index contributed by atoms with van der Waals surface area (Å²) in [4.78, 5) is 4.57. The van der Waals surface area contributed by atoms with Crippen LogP contribution in [-0.4, -0.2) is 20.8 Å². The lowest BCUT2D eigenvalue weighted by Crippen LogP contribution is -2.33. The minimum atomic E-state index is 0.179. The number of pyridine rings is 1. The van der Waals surface area contributed by atoms with E-state index in [9.17, 15) is 5.26 Å². The van der Waals surface area contributed by atoms with Gasteiger partial charge in [0.2, 0.25) is 0 Å². The van der Waals surface area contributed by atoms with Crippen molar-refractivity contribution in [1.82, 2.24) is 20.1 Å². The molecule has 1 aromatic carbocycles. The van der Waals surface area contributed by atoms with Gasteiger partial charge < -0.3 is 11.1 Å². The van der Waals surface area contributed by atoms with Gasteiger partial charge in [-0.05, 0) is 25.0 Å². The van der Waals surface area contributed by atoms with Crippen LogP contribution in [0.1, 0.15) is 35.7 Å². The zero-order chi connectivity index (χ0) is 18.0. The highest BCUT2D eigenvalue weighted by molar-refractivity contribution is 6.36. The van der Waals surface area contributed by atoms with E-state index in [-0.39, 0.29) is 11.9 Å². The molecule has 26 heavy (non-hydrogen) atoms. The van der Waals surface area contributed by atoms with Crippen LogP contribution in [0.15, 0.2) is 18.2 Å². The average molecular weight is 365 g/mol. The number of aromatic nitrogens is 3. The van der Waals surface area contributed by atoms with E-state index in [1.807, 2.05) is 25.2 Å². The number of fused-ring (bicyclic) bond motifs is 5. The van der Waals surface area contributed by atoms with E-state index in [0.717, 1.165) is 47.0 Å². The van der Waals surface area contributed by atoms with Gasteiger partial charge in [0.1, 0.15) is 23.1 Å². The number of nitrogens with zero attached hydrogens (tertiary/aromatic N) is 4. The molecule has 0 unspecified atom stereocenters. The van der Waals surface area contributed by atoms with Crippen molar-refractivity contribution < 1.29 is 0 Å². The van der Waals surface area contributed by atoms with Crippen LogP contribution >= 0.6 is 11.6 Å². The second-order valence-electron chi connectivity index (χ2n) is 7.02. The van der Waals surface area contributed by atoms with Gasteiger partial charge in [-0.2, -0.15) is 10.4 Å². The Morgan fingerprint density at radius 2 is 2.23 bits per heavy atom. The molecule has 2 aromatic heterocycles. The van der Waals surface area contributed by atoms with E-state index in [4.69, 9.17) is 22.4 Å². The lowest BCUT2D eigenvalue weighted by molar-refractivity contribution is 0.507. The quantitative estimate of drug-likeness (QED) is 0.692. The Kier molecular flexibility index (Phi) is 3.27. The lowest BCUT2D eigenvalue weighted by Gasteiger charge is -2.27. The van der Waals surface area contributed by atoms with Gasteiger partial charge in [0.05, 0.1) is 10.5 Å². The van der Waals surface area contributed by atoms with Crippen molar-refractivity contribution in [2.24, 2.45) is 7.05 Å². The van der Waals surface area contributed by atoms with Gasteiger partial charge in [0.25, 0.3) is 0 Å². The van der Waals surface area contributed by atoms with Gasteiger partial charge in [0, 0.05) is 47.8 Å². The number of anilines is 1. The molecule has 0 amide bonds. The standard InChI is InChI=1S/C19H17ClN6/c1-26-14-4-2-3-11(20)16(14)18(25-26)15-10(8-21)19(22)24-13-7-9-5-6-12(23-9)17(13)15/h2-4,9,12,23H,5-7H2,1H3,(H2,22,24)/t9-,12+/m1/s1. The molecule has 1 fully saturated rings. The maximum Gasteiger partial charge on any atom is 0.142 e. The second-order valence-corrected chi connectivity index (χ2v) is 7.43. The topological polar surface area (TPSA) is 92.5 Å². The van der Waals surface area contributed by atoms with Gasteiger partial charge in [-0.3, -0.25) is 4.68 Å². The van der Waals surface area contributed by atoms with Crippen molar-refractivity contribution in [2.45, 2.75) is 31.3 Å². The number of hydrogen-bond donors (Lipinski definition) is 2. The third-order valence-electron chi connectivity index (χ3n) is 5.55. The largest absolute Gasteiger partial charge is 0.383 e. The van der Waals surface area contributed by atoms with Crippen LogP contribution in [0.3, 0.4) is 0 Å². The van der Waals surface area contributed by atoms with Crippen LogP contribution in [-0.2, 0) is 13.5 Å². The Morgan fingerprint density at radius 1 is 1.38 bits per heavy atom. The third-order valence-corrected chi connectivity index (χ3v) is 5.86. The van der Waals surface area contributed by atoms with E-state index in [0.29, 0.717) is 22.3 Å². The summed E-state index contributed by atoms with van der Waals surface area (Å²) in [5.74, 6) is 0.272. The number of nitrogens with two attached hydrogens (primary N) is 1. The zero-order valence-electron chi connectivity index (χ0n) is 14.3. The number of halogens is 1. The molecule has 7 heteroatoms. The summed E-state index contributed by atoms with van der Waals surface area (Å²) in [7, 11) is 1.88. The molecule has 5 rings (SSSR count). The lowest BCUT2D eigenvalue weighted by atomic mass is 9.89. The number of benzene rings is 1. The number of nitrogen functional groups attached to an aromatic ring is 1. The van der Waals surface area contributed by atoms with Crippen LogP contribution in [0.4, 0.5) is 5.82 Å². The van der Waals surface area contributed by atoms with Crippen molar-refractivity contribution >= 4 is 28.3 Å². The van der Waals surface area contributed by atoms with Gasteiger partial charge in [-0.1, -0.05) is 17.7 Å². The van der Waals surface area contributed by atoms with E-state index in [2.05, 4.69) is 16.4 Å². The van der Waals surface area contributed by atoms with Crippen molar-refractivity contribution in [3.8, 4) is 17.3 Å². The summed E-state index contributed by atoms with van der Waals surface area (Å²) in [5.41, 5.74) is 11.0. The molecule has 2 aliphatic rings. The molecule has 130 valence electrons. The number of hydrogen-bond acceptors (Lipinski definition) is 5. The maximum absolute atomic E-state index is 9.82. The van der Waals surface area contributed by atoms with Crippen LogP contribution in [0, 0.1) is 11.3 Å². The minimum Gasteiger partial charge on any atom is -0.383 e. The fourth-order valence-electron chi connectivity index (χ4n) is 4.45. The van der Waals surface area contributed by atoms with Crippen LogP contribution in [0.25, 0.3) is 22.2 Å². The second kappa shape index (κ2) is 5.44. The van der Waals surface area contributed by atoms with Gasteiger partial charge in [-0.15, -0.1) is 0 Å². The summed E-state index contributed by atoms with van der Waals surface area (Å²) in [5, 5.41) is 19.7. The molecule has 3 aromatic rings. The summed E-state index contributed by atoms with van der Waals surface area (Å²) in [6.45, 7) is 0. The molecule has 1 saturated heterocycles. The molecular weight excluding hydrogens is 348 g/mol. The Bertz CT molecular complexity index is 1110. The number of rotatable bonds is 1. The van der Waals surface area contributed by atoms with Gasteiger partial charge >= 0.3 is 0 Å². The van der Waals surface area contributed by atoms with Crippen molar-refractivity contribution in [2.75, 3.05) is 5.73 Å². The molecular formula is C19H17ClN6. The van der Waals surface area contributed by atoms with Crippen molar-refractivity contribution in [1.29, 1.82) is 5.26 Å². The highest BCUT2D eigenvalue weighted by Crippen LogP contribution is 2.45. The molecule has 0 saturated carbocycles. The highest BCUT2D eigenvalue weighted by Gasteiger charge is 2.37. The van der Waals surface area contributed by atoms with E-state index < -0.39 is 0 Å². The van der Waals surface area contributed by atoms with Gasteiger partial charge in [0.15, 0.2) is 0 Å². The predicted molar refractivity (Wildman–Crippen MR) is 101 cm³/mol. The first-order valence-corrected chi connectivity index (χ1v) is 9.06. The fraction of sp³-hybridized carbons (Fsp3) is 0.316. The molecule has 3 N–H and O–H groups in total. The normalized spacial score (nSPS) is 21.0. The SMILES string of the molecule is Cn1nc(-c2c(C#N)c(N)nc3c2[C@@H]2CC[C@H](C3)N2)c2c(Cl)cccc21. The Balaban J connectivity index is 1.92.